The third-order valence-corrected chi connectivity index (χ3v) is 5.80. The van der Waals surface area contributed by atoms with Crippen LogP contribution in [0.4, 0.5) is 5.13 Å². The van der Waals surface area contributed by atoms with E-state index in [0.717, 1.165) is 18.4 Å². The van der Waals surface area contributed by atoms with Crippen molar-refractivity contribution in [2.24, 2.45) is 0 Å². The predicted octanol–water partition coefficient (Wildman–Crippen LogP) is 2.85. The topological polar surface area (TPSA) is 75.2 Å². The van der Waals surface area contributed by atoms with E-state index in [-0.39, 0.29) is 23.6 Å². The number of nitrogens with zero attached hydrogens (tertiary/aromatic N) is 3. The monoisotopic (exact) mass is 376 g/mol. The highest BCUT2D eigenvalue weighted by Gasteiger charge is 2.35. The van der Waals surface area contributed by atoms with E-state index < -0.39 is 0 Å². The van der Waals surface area contributed by atoms with Crippen molar-refractivity contribution in [2.45, 2.75) is 43.1 Å². The van der Waals surface area contributed by atoms with Gasteiger partial charge in [-0.1, -0.05) is 60.4 Å². The van der Waals surface area contributed by atoms with Crippen LogP contribution in [0.3, 0.4) is 0 Å². The molecule has 0 saturated heterocycles. The van der Waals surface area contributed by atoms with Gasteiger partial charge in [-0.2, -0.15) is 0 Å². The summed E-state index contributed by atoms with van der Waals surface area (Å²) in [7, 11) is 0. The Morgan fingerprint density at radius 1 is 1.28 bits per heavy atom. The summed E-state index contributed by atoms with van der Waals surface area (Å²) >= 11 is 2.72. The van der Waals surface area contributed by atoms with Crippen LogP contribution >= 0.6 is 23.1 Å². The van der Waals surface area contributed by atoms with E-state index in [9.17, 15) is 9.59 Å². The number of hydrogen-bond acceptors (Lipinski definition) is 6. The van der Waals surface area contributed by atoms with Gasteiger partial charge in [-0.05, 0) is 18.4 Å². The van der Waals surface area contributed by atoms with E-state index >= 15 is 0 Å². The molecular weight excluding hydrogens is 356 g/mol. The van der Waals surface area contributed by atoms with Gasteiger partial charge < -0.3 is 5.32 Å². The highest BCUT2D eigenvalue weighted by atomic mass is 32.2. The first kappa shape index (κ1) is 17.9. The molecule has 3 rings (SSSR count). The van der Waals surface area contributed by atoms with E-state index in [1.165, 1.54) is 23.1 Å². The molecule has 1 heterocycles. The molecule has 1 saturated carbocycles. The Labute approximate surface area is 155 Å². The lowest BCUT2D eigenvalue weighted by molar-refractivity contribution is -0.119. The second-order valence-corrected chi connectivity index (χ2v) is 7.93. The van der Waals surface area contributed by atoms with Crippen LogP contribution in [0, 0.1) is 0 Å². The molecule has 2 aromatic rings. The maximum Gasteiger partial charge on any atom is 0.230 e. The van der Waals surface area contributed by atoms with Crippen molar-refractivity contribution in [1.29, 1.82) is 0 Å². The van der Waals surface area contributed by atoms with Crippen LogP contribution in [0.15, 0.2) is 34.7 Å². The van der Waals surface area contributed by atoms with Crippen molar-refractivity contribution in [3.8, 4) is 0 Å². The molecule has 1 aromatic carbocycles. The highest BCUT2D eigenvalue weighted by Crippen LogP contribution is 2.36. The molecule has 6 nitrogen and oxygen atoms in total. The quantitative estimate of drug-likeness (QED) is 0.566. The Bertz CT molecular complexity index is 731. The summed E-state index contributed by atoms with van der Waals surface area (Å²) < 4.78 is 0.708. The highest BCUT2D eigenvalue weighted by molar-refractivity contribution is 8.01. The Kier molecular flexibility index (Phi) is 6.04. The number of anilines is 1. The van der Waals surface area contributed by atoms with Crippen LogP contribution in [0.25, 0.3) is 0 Å². The smallest absolute Gasteiger partial charge is 0.230 e. The van der Waals surface area contributed by atoms with E-state index in [0.29, 0.717) is 22.4 Å². The average molecular weight is 377 g/mol. The molecule has 0 bridgehead atoms. The van der Waals surface area contributed by atoms with Crippen molar-refractivity contribution >= 4 is 40.0 Å². The fourth-order valence-corrected chi connectivity index (χ4v) is 4.06. The average Bonchev–Trinajstić information content (AvgIpc) is 3.36. The summed E-state index contributed by atoms with van der Waals surface area (Å²) in [6, 6.07) is 10.1. The fraction of sp³-hybridized carbons (Fsp3) is 0.412. The minimum absolute atomic E-state index is 0.0470. The molecule has 1 aromatic heterocycles. The number of carbonyl (C=O) groups excluding carboxylic acids is 2. The molecule has 132 valence electrons. The first-order chi connectivity index (χ1) is 12.2. The number of nitrogens with one attached hydrogen (secondary N) is 1. The summed E-state index contributed by atoms with van der Waals surface area (Å²) in [5.41, 5.74) is 1.07. The van der Waals surface area contributed by atoms with Gasteiger partial charge in [0.05, 0.1) is 5.75 Å². The van der Waals surface area contributed by atoms with E-state index in [1.807, 2.05) is 37.3 Å². The molecule has 1 N–H and O–H groups in total. The molecule has 0 aliphatic heterocycles. The van der Waals surface area contributed by atoms with Crippen LogP contribution in [-0.4, -0.2) is 33.8 Å². The lowest BCUT2D eigenvalue weighted by Gasteiger charge is -2.17. The summed E-state index contributed by atoms with van der Waals surface area (Å²) in [5.74, 6) is 0.317. The maximum absolute atomic E-state index is 12.1. The minimum atomic E-state index is -0.0470. The first-order valence-electron chi connectivity index (χ1n) is 8.26. The van der Waals surface area contributed by atoms with Crippen molar-refractivity contribution in [2.75, 3.05) is 10.7 Å². The molecule has 0 radical (unpaired) electrons. The number of aromatic nitrogens is 2. The lowest BCUT2D eigenvalue weighted by atomic mass is 10.2. The summed E-state index contributed by atoms with van der Waals surface area (Å²) in [6.07, 6.45) is 2.51. The van der Waals surface area contributed by atoms with Gasteiger partial charge in [0.25, 0.3) is 0 Å². The van der Waals surface area contributed by atoms with Crippen molar-refractivity contribution < 1.29 is 9.59 Å². The first-order valence-corrected chi connectivity index (χ1v) is 10.1. The number of hydrogen-bond donors (Lipinski definition) is 1. The Balaban J connectivity index is 1.49. The van der Waals surface area contributed by atoms with Gasteiger partial charge in [0.1, 0.15) is 0 Å². The molecule has 2 amide bonds. The maximum atomic E-state index is 12.1. The largest absolute Gasteiger partial charge is 0.351 e. The van der Waals surface area contributed by atoms with Gasteiger partial charge in [0, 0.05) is 19.0 Å². The Morgan fingerprint density at radius 2 is 2.04 bits per heavy atom. The molecule has 0 spiro atoms. The second kappa shape index (κ2) is 8.44. The predicted molar refractivity (Wildman–Crippen MR) is 99.7 cm³/mol. The molecular formula is C17H20N4O2S2. The summed E-state index contributed by atoms with van der Waals surface area (Å²) in [5, 5.41) is 11.8. The zero-order valence-corrected chi connectivity index (χ0v) is 15.6. The van der Waals surface area contributed by atoms with E-state index in [4.69, 9.17) is 0 Å². The zero-order chi connectivity index (χ0) is 17.6. The van der Waals surface area contributed by atoms with Crippen LogP contribution in [0.1, 0.15) is 31.7 Å². The molecule has 0 atom stereocenters. The third kappa shape index (κ3) is 5.02. The van der Waals surface area contributed by atoms with Crippen LogP contribution in [-0.2, 0) is 16.1 Å². The van der Waals surface area contributed by atoms with Gasteiger partial charge in [0.15, 0.2) is 4.34 Å². The van der Waals surface area contributed by atoms with E-state index in [1.54, 1.807) is 4.90 Å². The SMILES string of the molecule is CCC(=O)N(c1nnc(SCC(=O)NCc2ccccc2)s1)C1CC1. The minimum Gasteiger partial charge on any atom is -0.351 e. The second-order valence-electron chi connectivity index (χ2n) is 5.75. The van der Waals surface area contributed by atoms with Gasteiger partial charge in [-0.15, -0.1) is 10.2 Å². The number of carbonyl (C=O) groups is 2. The van der Waals surface area contributed by atoms with Crippen LogP contribution < -0.4 is 10.2 Å². The normalized spacial score (nSPS) is 13.5. The van der Waals surface area contributed by atoms with Gasteiger partial charge >= 0.3 is 0 Å². The van der Waals surface area contributed by atoms with Crippen molar-refractivity contribution in [1.82, 2.24) is 15.5 Å². The standard InChI is InChI=1S/C17H20N4O2S2/c1-2-15(23)21(13-8-9-13)16-19-20-17(25-16)24-11-14(22)18-10-12-6-4-3-5-7-12/h3-7,13H,2,8-11H2,1H3,(H,18,22). The Morgan fingerprint density at radius 3 is 2.72 bits per heavy atom. The molecule has 25 heavy (non-hydrogen) atoms. The van der Waals surface area contributed by atoms with Gasteiger partial charge in [-0.25, -0.2) is 0 Å². The summed E-state index contributed by atoms with van der Waals surface area (Å²) in [4.78, 5) is 25.8. The summed E-state index contributed by atoms with van der Waals surface area (Å²) in [6.45, 7) is 2.37. The van der Waals surface area contributed by atoms with Gasteiger partial charge in [-0.3, -0.25) is 14.5 Å². The third-order valence-electron chi connectivity index (χ3n) is 3.74. The zero-order valence-electron chi connectivity index (χ0n) is 14.0. The van der Waals surface area contributed by atoms with Crippen molar-refractivity contribution in [3.63, 3.8) is 0 Å². The van der Waals surface area contributed by atoms with Gasteiger partial charge in [0.2, 0.25) is 16.9 Å². The molecule has 1 aliphatic rings. The molecule has 1 aliphatic carbocycles. The number of amides is 2. The number of benzene rings is 1. The fourth-order valence-electron chi connectivity index (χ4n) is 2.30. The van der Waals surface area contributed by atoms with Crippen LogP contribution in [0.5, 0.6) is 0 Å². The molecule has 0 unspecified atom stereocenters. The van der Waals surface area contributed by atoms with Crippen LogP contribution in [0.2, 0.25) is 0 Å². The van der Waals surface area contributed by atoms with Crippen molar-refractivity contribution in [3.05, 3.63) is 35.9 Å². The Hall–Kier alpha value is -1.93. The molecule has 1 fully saturated rings. The lowest BCUT2D eigenvalue weighted by Crippen LogP contribution is -2.32. The number of rotatable bonds is 8. The van der Waals surface area contributed by atoms with E-state index in [2.05, 4.69) is 15.5 Å². The molecule has 8 heteroatoms. The number of thioether (sulfide) groups is 1.